The fraction of sp³-hybridized carbons (Fsp3) is 0.394. The zero-order chi connectivity index (χ0) is 32.1. The molecule has 13 heteroatoms. The molecule has 3 aliphatic rings. The van der Waals surface area contributed by atoms with Crippen molar-refractivity contribution in [3.8, 4) is 11.4 Å². The van der Waals surface area contributed by atoms with Crippen molar-refractivity contribution in [3.05, 3.63) is 96.1 Å². The SMILES string of the molecule is O=C(c1cn(C(=O)c2cccc(C(F)(F)F)c2)cn1)N1CC[C@@H]2[C@H]1CCN2C1CCC(O)(c2ccc(-c3ncccn3)cn2)CC1. The predicted octanol–water partition coefficient (Wildman–Crippen LogP) is 4.56. The number of rotatable bonds is 5. The van der Waals surface area contributed by atoms with Gasteiger partial charge in [-0.05, 0) is 74.9 Å². The van der Waals surface area contributed by atoms with Gasteiger partial charge in [0.25, 0.3) is 11.8 Å². The van der Waals surface area contributed by atoms with E-state index in [2.05, 4.69) is 24.8 Å². The van der Waals surface area contributed by atoms with E-state index >= 15 is 0 Å². The van der Waals surface area contributed by atoms with Crippen molar-refractivity contribution in [2.75, 3.05) is 13.1 Å². The molecule has 46 heavy (non-hydrogen) atoms. The van der Waals surface area contributed by atoms with E-state index in [0.717, 1.165) is 54.5 Å². The summed E-state index contributed by atoms with van der Waals surface area (Å²) in [4.78, 5) is 47.9. The molecule has 0 radical (unpaired) electrons. The summed E-state index contributed by atoms with van der Waals surface area (Å²) in [5.74, 6) is -0.405. The number of likely N-dealkylation sites (tertiary alicyclic amines) is 2. The van der Waals surface area contributed by atoms with Crippen LogP contribution in [0.5, 0.6) is 0 Å². The van der Waals surface area contributed by atoms with E-state index in [1.165, 1.54) is 24.7 Å². The van der Waals surface area contributed by atoms with Gasteiger partial charge in [0, 0.05) is 67.1 Å². The number of nitrogens with zero attached hydrogens (tertiary/aromatic N) is 7. The number of hydrogen-bond donors (Lipinski definition) is 1. The molecule has 5 heterocycles. The molecule has 0 bridgehead atoms. The van der Waals surface area contributed by atoms with Crippen LogP contribution in [0.4, 0.5) is 13.2 Å². The minimum absolute atomic E-state index is 0.00652. The Morgan fingerprint density at radius 1 is 0.870 bits per heavy atom. The number of pyridine rings is 1. The molecule has 2 atom stereocenters. The maximum absolute atomic E-state index is 13.5. The molecular formula is C33H32F3N7O3. The van der Waals surface area contributed by atoms with Crippen LogP contribution in [-0.4, -0.2) is 82.4 Å². The van der Waals surface area contributed by atoms with E-state index in [9.17, 15) is 27.9 Å². The molecule has 1 aliphatic carbocycles. The molecular weight excluding hydrogens is 599 g/mol. The van der Waals surface area contributed by atoms with Crippen LogP contribution in [0.1, 0.15) is 70.6 Å². The van der Waals surface area contributed by atoms with Gasteiger partial charge in [-0.15, -0.1) is 0 Å². The molecule has 4 aromatic rings. The van der Waals surface area contributed by atoms with E-state index < -0.39 is 23.2 Å². The topological polar surface area (TPSA) is 117 Å². The lowest BCUT2D eigenvalue weighted by molar-refractivity contribution is -0.137. The number of fused-ring (bicyclic) bond motifs is 1. The summed E-state index contributed by atoms with van der Waals surface area (Å²) in [5, 5.41) is 11.5. The van der Waals surface area contributed by atoms with Crippen LogP contribution in [0.25, 0.3) is 11.4 Å². The lowest BCUT2D eigenvalue weighted by Gasteiger charge is -2.41. The molecule has 3 fully saturated rings. The third-order valence-electron chi connectivity index (χ3n) is 9.67. The first-order chi connectivity index (χ1) is 22.1. The lowest BCUT2D eigenvalue weighted by atomic mass is 9.79. The second-order valence-electron chi connectivity index (χ2n) is 12.3. The highest BCUT2D eigenvalue weighted by Gasteiger charge is 2.48. The molecule has 7 rings (SSSR count). The Labute approximate surface area is 262 Å². The molecule has 10 nitrogen and oxygen atoms in total. The zero-order valence-electron chi connectivity index (χ0n) is 24.8. The van der Waals surface area contributed by atoms with Gasteiger partial charge >= 0.3 is 6.18 Å². The van der Waals surface area contributed by atoms with Crippen molar-refractivity contribution in [1.82, 2.24) is 34.3 Å². The average Bonchev–Trinajstić information content (AvgIpc) is 3.83. The molecule has 1 saturated carbocycles. The van der Waals surface area contributed by atoms with Gasteiger partial charge in [-0.25, -0.2) is 15.0 Å². The Hall–Kier alpha value is -4.49. The number of carbonyl (C=O) groups excluding carboxylic acids is 2. The molecule has 1 amide bonds. The van der Waals surface area contributed by atoms with E-state index in [1.807, 2.05) is 17.0 Å². The molecule has 2 aliphatic heterocycles. The third kappa shape index (κ3) is 5.58. The van der Waals surface area contributed by atoms with E-state index in [4.69, 9.17) is 0 Å². The summed E-state index contributed by atoms with van der Waals surface area (Å²) in [7, 11) is 0. The van der Waals surface area contributed by atoms with Gasteiger partial charge in [-0.2, -0.15) is 13.2 Å². The minimum Gasteiger partial charge on any atom is -0.384 e. The monoisotopic (exact) mass is 631 g/mol. The van der Waals surface area contributed by atoms with Crippen LogP contribution in [-0.2, 0) is 11.8 Å². The Bertz CT molecular complexity index is 1740. The number of amides is 1. The molecule has 0 spiro atoms. The third-order valence-corrected chi connectivity index (χ3v) is 9.67. The van der Waals surface area contributed by atoms with Crippen molar-refractivity contribution in [2.45, 2.75) is 68.4 Å². The van der Waals surface area contributed by atoms with Gasteiger partial charge in [-0.3, -0.25) is 24.0 Å². The summed E-state index contributed by atoms with van der Waals surface area (Å²) in [6.07, 6.45) is 7.35. The highest BCUT2D eigenvalue weighted by molar-refractivity contribution is 5.98. The van der Waals surface area contributed by atoms with E-state index in [0.29, 0.717) is 30.9 Å². The molecule has 1 N–H and O–H groups in total. The van der Waals surface area contributed by atoms with Gasteiger partial charge in [0.15, 0.2) is 5.82 Å². The highest BCUT2D eigenvalue weighted by atomic mass is 19.4. The largest absolute Gasteiger partial charge is 0.416 e. The van der Waals surface area contributed by atoms with Crippen molar-refractivity contribution in [3.63, 3.8) is 0 Å². The second kappa shape index (κ2) is 11.7. The standard InChI is InChI=1S/C33H32F3N7O3/c34-33(35,36)23-4-1-3-21(17-23)30(44)41-19-25(40-20-41)31(45)43-16-10-26-27(43)9-15-42(26)24-7-11-32(46,12-8-24)28-6-5-22(18-39-28)29-37-13-2-14-38-29/h1-6,13-14,17-20,24,26-27,46H,7-12,15-16H2/t24?,26-,27-,32?/m1/s1. The minimum atomic E-state index is -4.57. The van der Waals surface area contributed by atoms with Crippen LogP contribution >= 0.6 is 0 Å². The van der Waals surface area contributed by atoms with E-state index in [-0.39, 0.29) is 35.3 Å². The molecule has 2 saturated heterocycles. The number of hydrogen-bond acceptors (Lipinski definition) is 8. The van der Waals surface area contributed by atoms with E-state index in [1.54, 1.807) is 24.7 Å². The summed E-state index contributed by atoms with van der Waals surface area (Å²) >= 11 is 0. The number of aromatic nitrogens is 5. The molecule has 0 unspecified atom stereocenters. The van der Waals surface area contributed by atoms with Crippen molar-refractivity contribution in [2.24, 2.45) is 0 Å². The Morgan fingerprint density at radius 2 is 1.63 bits per heavy atom. The quantitative estimate of drug-likeness (QED) is 0.341. The van der Waals surface area contributed by atoms with Crippen molar-refractivity contribution in [1.29, 1.82) is 0 Å². The van der Waals surface area contributed by atoms with Crippen LogP contribution in [0.2, 0.25) is 0 Å². The average molecular weight is 632 g/mol. The number of benzene rings is 1. The van der Waals surface area contributed by atoms with Crippen LogP contribution in [0.15, 0.2) is 73.6 Å². The maximum Gasteiger partial charge on any atom is 0.416 e. The Kier molecular flexibility index (Phi) is 7.68. The highest BCUT2D eigenvalue weighted by Crippen LogP contribution is 2.42. The number of halogens is 3. The fourth-order valence-corrected chi connectivity index (χ4v) is 7.31. The zero-order valence-corrected chi connectivity index (χ0v) is 24.8. The van der Waals surface area contributed by atoms with Crippen LogP contribution < -0.4 is 0 Å². The van der Waals surface area contributed by atoms with Gasteiger partial charge in [0.2, 0.25) is 0 Å². The van der Waals surface area contributed by atoms with Crippen LogP contribution in [0.3, 0.4) is 0 Å². The van der Waals surface area contributed by atoms with Crippen molar-refractivity contribution < 1.29 is 27.9 Å². The smallest absolute Gasteiger partial charge is 0.384 e. The summed E-state index contributed by atoms with van der Waals surface area (Å²) in [6, 6.07) is 10.2. The molecule has 3 aromatic heterocycles. The number of imidazole rings is 1. The van der Waals surface area contributed by atoms with Crippen molar-refractivity contribution >= 4 is 11.8 Å². The molecule has 238 valence electrons. The summed E-state index contributed by atoms with van der Waals surface area (Å²) in [5.41, 5.74) is -0.552. The first-order valence-corrected chi connectivity index (χ1v) is 15.4. The van der Waals surface area contributed by atoms with Gasteiger partial charge < -0.3 is 10.0 Å². The Balaban J connectivity index is 0.972. The number of alkyl halides is 3. The fourth-order valence-electron chi connectivity index (χ4n) is 7.31. The lowest BCUT2D eigenvalue weighted by Crippen LogP contribution is -2.46. The van der Waals surface area contributed by atoms with Gasteiger partial charge in [0.1, 0.15) is 17.6 Å². The normalized spacial score (nSPS) is 25.0. The maximum atomic E-state index is 13.5. The number of aliphatic hydroxyl groups is 1. The second-order valence-corrected chi connectivity index (χ2v) is 12.3. The van der Waals surface area contributed by atoms with Gasteiger partial charge in [-0.1, -0.05) is 6.07 Å². The molecule has 1 aromatic carbocycles. The first kappa shape index (κ1) is 30.2. The predicted molar refractivity (Wildman–Crippen MR) is 159 cm³/mol. The summed E-state index contributed by atoms with van der Waals surface area (Å²) in [6.45, 7) is 1.39. The number of carbonyl (C=O) groups is 2. The Morgan fingerprint density at radius 3 is 2.35 bits per heavy atom. The van der Waals surface area contributed by atoms with Crippen LogP contribution in [0, 0.1) is 0 Å². The van der Waals surface area contributed by atoms with Gasteiger partial charge in [0.05, 0.1) is 11.3 Å². The summed E-state index contributed by atoms with van der Waals surface area (Å²) < 4.78 is 40.5. The first-order valence-electron chi connectivity index (χ1n) is 15.4.